The van der Waals surface area contributed by atoms with Crippen molar-refractivity contribution >= 4 is 11.4 Å². The van der Waals surface area contributed by atoms with Crippen LogP contribution >= 0.6 is 0 Å². The molecule has 1 unspecified atom stereocenters. The quantitative estimate of drug-likeness (QED) is 0.348. The first-order valence-electron chi connectivity index (χ1n) is 6.67. The number of non-ortho nitro benzene ring substituents is 1. The highest BCUT2D eigenvalue weighted by atomic mass is 16.6. The number of nitrogens with one attached hydrogen (secondary N) is 1. The monoisotopic (exact) mass is 314 g/mol. The molecule has 0 radical (unpaired) electrons. The number of nitro benzene ring substituents is 1. The van der Waals surface area contributed by atoms with Crippen molar-refractivity contribution < 1.29 is 30.1 Å². The molecule has 1 saturated heterocycles. The summed E-state index contributed by atoms with van der Waals surface area (Å²) in [5.74, 6) is 0. The maximum absolute atomic E-state index is 10.8. The Labute approximate surface area is 125 Å². The van der Waals surface area contributed by atoms with Crippen LogP contribution in [0.15, 0.2) is 18.2 Å². The number of benzene rings is 1. The van der Waals surface area contributed by atoms with Gasteiger partial charge in [-0.1, -0.05) is 6.07 Å². The van der Waals surface area contributed by atoms with Gasteiger partial charge in [0.2, 0.25) is 0 Å². The van der Waals surface area contributed by atoms with Gasteiger partial charge in [-0.05, 0) is 12.5 Å². The van der Waals surface area contributed by atoms with Gasteiger partial charge in [-0.15, -0.1) is 0 Å². The average Bonchev–Trinajstić information content (AvgIpc) is 2.77. The van der Waals surface area contributed by atoms with E-state index in [1.54, 1.807) is 6.92 Å². The zero-order valence-corrected chi connectivity index (χ0v) is 11.8. The molecule has 1 aromatic carbocycles. The summed E-state index contributed by atoms with van der Waals surface area (Å²) in [4.78, 5) is 10.2. The fourth-order valence-corrected chi connectivity index (χ4v) is 2.28. The fourth-order valence-electron chi connectivity index (χ4n) is 2.28. The third kappa shape index (κ3) is 3.18. The van der Waals surface area contributed by atoms with Crippen LogP contribution in [-0.2, 0) is 4.74 Å². The molecule has 1 aliphatic rings. The number of nitro groups is 1. The molecule has 9 heteroatoms. The van der Waals surface area contributed by atoms with E-state index in [1.807, 2.05) is 0 Å². The average molecular weight is 314 g/mol. The first-order valence-corrected chi connectivity index (χ1v) is 6.67. The van der Waals surface area contributed by atoms with Gasteiger partial charge in [0.05, 0.1) is 11.5 Å². The molecule has 5 atom stereocenters. The fraction of sp³-hybridized carbons (Fsp3) is 0.538. The molecule has 0 bridgehead atoms. The van der Waals surface area contributed by atoms with Crippen molar-refractivity contribution in [2.24, 2.45) is 0 Å². The lowest BCUT2D eigenvalue weighted by molar-refractivity contribution is -0.384. The van der Waals surface area contributed by atoms with Crippen molar-refractivity contribution in [1.82, 2.24) is 0 Å². The number of aliphatic hydroxyl groups excluding tert-OH is 4. The molecule has 1 aromatic rings. The van der Waals surface area contributed by atoms with E-state index in [-0.39, 0.29) is 5.69 Å². The highest BCUT2D eigenvalue weighted by molar-refractivity contribution is 5.57. The Morgan fingerprint density at radius 1 is 1.41 bits per heavy atom. The van der Waals surface area contributed by atoms with Crippen LogP contribution in [0.3, 0.4) is 0 Å². The first kappa shape index (κ1) is 16.6. The second-order valence-corrected chi connectivity index (χ2v) is 5.15. The van der Waals surface area contributed by atoms with E-state index in [0.29, 0.717) is 11.3 Å². The summed E-state index contributed by atoms with van der Waals surface area (Å²) >= 11 is 0. The second-order valence-electron chi connectivity index (χ2n) is 5.15. The van der Waals surface area contributed by atoms with Gasteiger partial charge in [-0.25, -0.2) is 0 Å². The number of hydrogen-bond acceptors (Lipinski definition) is 8. The molecule has 1 fully saturated rings. The first-order chi connectivity index (χ1) is 10.3. The molecule has 5 N–H and O–H groups in total. The number of aryl methyl sites for hydroxylation is 1. The Bertz CT molecular complexity index is 553. The summed E-state index contributed by atoms with van der Waals surface area (Å²) in [5.41, 5.74) is 0.916. The Morgan fingerprint density at radius 3 is 2.68 bits per heavy atom. The van der Waals surface area contributed by atoms with Crippen LogP contribution in [0.1, 0.15) is 5.56 Å². The van der Waals surface area contributed by atoms with Gasteiger partial charge in [-0.3, -0.25) is 10.1 Å². The van der Waals surface area contributed by atoms with Crippen LogP contribution in [0, 0.1) is 17.0 Å². The maximum atomic E-state index is 10.8. The zero-order valence-electron chi connectivity index (χ0n) is 11.8. The lowest BCUT2D eigenvalue weighted by Crippen LogP contribution is -2.40. The SMILES string of the molecule is Cc1ccc([N+](=O)[O-])cc1N[C@H]1O[C@H](C(O)CO)[C@@H](O)[C@H]1O. The Hall–Kier alpha value is -1.78. The van der Waals surface area contributed by atoms with Crippen LogP contribution in [0.2, 0.25) is 0 Å². The van der Waals surface area contributed by atoms with Gasteiger partial charge >= 0.3 is 0 Å². The summed E-state index contributed by atoms with van der Waals surface area (Å²) in [6, 6.07) is 4.17. The molecule has 1 heterocycles. The summed E-state index contributed by atoms with van der Waals surface area (Å²) in [6.07, 6.45) is -6.32. The third-order valence-corrected chi connectivity index (χ3v) is 3.60. The van der Waals surface area contributed by atoms with E-state index in [1.165, 1.54) is 18.2 Å². The standard InChI is InChI=1S/C13H18N2O7/c1-6-2-3-7(15(20)21)4-8(6)14-13-11(19)10(18)12(22-13)9(17)5-16/h2-4,9-14,16-19H,5H2,1H3/t9?,10-,11+,12+,13-/m0/s1. The molecular weight excluding hydrogens is 296 g/mol. The number of aliphatic hydroxyl groups is 4. The number of rotatable bonds is 5. The minimum atomic E-state index is -1.39. The smallest absolute Gasteiger partial charge is 0.271 e. The zero-order chi connectivity index (χ0) is 16.4. The topological polar surface area (TPSA) is 145 Å². The molecule has 122 valence electrons. The van der Waals surface area contributed by atoms with E-state index in [0.717, 1.165) is 0 Å². The van der Waals surface area contributed by atoms with Crippen LogP contribution in [0.5, 0.6) is 0 Å². The van der Waals surface area contributed by atoms with Gasteiger partial charge in [0, 0.05) is 17.8 Å². The predicted octanol–water partition coefficient (Wildman–Crippen LogP) is -0.885. The molecule has 22 heavy (non-hydrogen) atoms. The number of anilines is 1. The lowest BCUT2D eigenvalue weighted by atomic mass is 10.1. The van der Waals surface area contributed by atoms with E-state index in [2.05, 4.69) is 5.32 Å². The largest absolute Gasteiger partial charge is 0.394 e. The Morgan fingerprint density at radius 2 is 2.09 bits per heavy atom. The van der Waals surface area contributed by atoms with Crippen molar-refractivity contribution in [3.8, 4) is 0 Å². The normalized spacial score (nSPS) is 29.3. The summed E-state index contributed by atoms with van der Waals surface area (Å²) in [7, 11) is 0. The highest BCUT2D eigenvalue weighted by Gasteiger charge is 2.45. The predicted molar refractivity (Wildman–Crippen MR) is 75.2 cm³/mol. The number of nitrogens with zero attached hydrogens (tertiary/aromatic N) is 1. The summed E-state index contributed by atoms with van der Waals surface area (Å²) in [5, 5.41) is 51.8. The van der Waals surface area contributed by atoms with Crippen LogP contribution in [0.25, 0.3) is 0 Å². The van der Waals surface area contributed by atoms with Gasteiger partial charge in [0.25, 0.3) is 5.69 Å². The van der Waals surface area contributed by atoms with Crippen molar-refractivity contribution in [2.45, 2.75) is 37.6 Å². The molecule has 9 nitrogen and oxygen atoms in total. The van der Waals surface area contributed by atoms with Crippen molar-refractivity contribution in [2.75, 3.05) is 11.9 Å². The molecule has 0 amide bonds. The Balaban J connectivity index is 2.17. The van der Waals surface area contributed by atoms with Crippen LogP contribution in [0.4, 0.5) is 11.4 Å². The Kier molecular flexibility index (Phi) is 4.94. The second kappa shape index (κ2) is 6.55. The lowest BCUT2D eigenvalue weighted by Gasteiger charge is -2.20. The minimum Gasteiger partial charge on any atom is -0.394 e. The van der Waals surface area contributed by atoms with Gasteiger partial charge < -0.3 is 30.5 Å². The van der Waals surface area contributed by atoms with E-state index in [9.17, 15) is 25.4 Å². The molecule has 2 rings (SSSR count). The molecule has 0 aliphatic carbocycles. The molecule has 0 aromatic heterocycles. The number of hydrogen-bond donors (Lipinski definition) is 5. The van der Waals surface area contributed by atoms with Crippen molar-refractivity contribution in [1.29, 1.82) is 0 Å². The molecule has 0 saturated carbocycles. The highest BCUT2D eigenvalue weighted by Crippen LogP contribution is 2.28. The van der Waals surface area contributed by atoms with E-state index in [4.69, 9.17) is 9.84 Å². The molecule has 0 spiro atoms. The van der Waals surface area contributed by atoms with Crippen molar-refractivity contribution in [3.05, 3.63) is 33.9 Å². The van der Waals surface area contributed by atoms with E-state index >= 15 is 0 Å². The van der Waals surface area contributed by atoms with Gasteiger partial charge in [-0.2, -0.15) is 0 Å². The summed E-state index contributed by atoms with van der Waals surface area (Å²) in [6.45, 7) is 1.08. The molecular formula is C13H18N2O7. The van der Waals surface area contributed by atoms with E-state index < -0.39 is 42.2 Å². The van der Waals surface area contributed by atoms with Crippen LogP contribution in [-0.4, -0.2) is 62.6 Å². The van der Waals surface area contributed by atoms with Crippen LogP contribution < -0.4 is 5.32 Å². The third-order valence-electron chi connectivity index (χ3n) is 3.60. The van der Waals surface area contributed by atoms with Gasteiger partial charge in [0.1, 0.15) is 24.4 Å². The van der Waals surface area contributed by atoms with Crippen molar-refractivity contribution in [3.63, 3.8) is 0 Å². The molecule has 1 aliphatic heterocycles. The van der Waals surface area contributed by atoms with Gasteiger partial charge in [0.15, 0.2) is 6.23 Å². The maximum Gasteiger partial charge on any atom is 0.271 e. The number of ether oxygens (including phenoxy) is 1. The minimum absolute atomic E-state index is 0.131. The summed E-state index contributed by atoms with van der Waals surface area (Å²) < 4.78 is 5.31.